The first kappa shape index (κ1) is 40.3. The van der Waals surface area contributed by atoms with Gasteiger partial charge in [0.05, 0.1) is 22.1 Å². The first-order chi connectivity index (χ1) is 33.6. The number of hydrogen-bond donors (Lipinski definition) is 2. The molecule has 2 aromatic heterocycles. The monoisotopic (exact) mass is 874 g/mol. The van der Waals surface area contributed by atoms with E-state index in [1.165, 1.54) is 5.39 Å². The summed E-state index contributed by atoms with van der Waals surface area (Å²) in [7, 11) is 0. The van der Waals surface area contributed by atoms with Crippen LogP contribution >= 0.6 is 0 Å². The van der Waals surface area contributed by atoms with Crippen LogP contribution in [-0.2, 0) is 0 Å². The fourth-order valence-corrected chi connectivity index (χ4v) is 9.31. The second-order valence-electron chi connectivity index (χ2n) is 16.7. The number of nitrogens with zero attached hydrogens (tertiary/aromatic N) is 6. The summed E-state index contributed by atoms with van der Waals surface area (Å²) in [5, 5.41) is 17.3. The Kier molecular flexibility index (Phi) is 10.2. The molecule has 0 spiro atoms. The van der Waals surface area contributed by atoms with Crippen LogP contribution in [0.2, 0.25) is 0 Å². The van der Waals surface area contributed by atoms with Crippen molar-refractivity contribution < 1.29 is 0 Å². The summed E-state index contributed by atoms with van der Waals surface area (Å²) in [5.41, 5.74) is 11.9. The summed E-state index contributed by atoms with van der Waals surface area (Å²) >= 11 is 0. The summed E-state index contributed by atoms with van der Waals surface area (Å²) in [6, 6.07) is 78.8. The highest BCUT2D eigenvalue weighted by atomic mass is 15.3. The van der Waals surface area contributed by atoms with Crippen LogP contribution in [0.4, 0.5) is 0 Å². The molecule has 1 aliphatic heterocycles. The Morgan fingerprint density at radius 1 is 0.500 bits per heavy atom. The highest BCUT2D eigenvalue weighted by Crippen LogP contribution is 2.41. The lowest BCUT2D eigenvalue weighted by molar-refractivity contribution is 0.668. The quantitative estimate of drug-likeness (QED) is 0.121. The van der Waals surface area contributed by atoms with Crippen molar-refractivity contribution in [3.05, 3.63) is 258 Å². The lowest BCUT2D eigenvalue weighted by Gasteiger charge is -2.24. The smallest absolute Gasteiger partial charge is 0.234 e. The van der Waals surface area contributed by atoms with Gasteiger partial charge in [-0.05, 0) is 46.5 Å². The van der Waals surface area contributed by atoms with E-state index in [2.05, 4.69) is 142 Å². The molecule has 0 saturated carbocycles. The molecule has 12 rings (SSSR count). The molecule has 9 aromatic carbocycles. The fourth-order valence-electron chi connectivity index (χ4n) is 9.31. The average molecular weight is 875 g/mol. The van der Waals surface area contributed by atoms with Crippen LogP contribution in [0.25, 0.3) is 60.4 Å². The highest BCUT2D eigenvalue weighted by Gasteiger charge is 2.27. The van der Waals surface area contributed by atoms with Crippen molar-refractivity contribution in [2.75, 3.05) is 0 Å². The van der Waals surface area contributed by atoms with Gasteiger partial charge in [0.2, 0.25) is 5.96 Å². The molecular formula is C60H42N8. The molecule has 8 nitrogen and oxygen atoms in total. The Hall–Kier alpha value is -9.27. The van der Waals surface area contributed by atoms with E-state index >= 15 is 0 Å². The lowest BCUT2D eigenvalue weighted by Crippen LogP contribution is -2.35. The molecular weight excluding hydrogens is 833 g/mol. The van der Waals surface area contributed by atoms with Gasteiger partial charge in [-0.25, -0.2) is 15.0 Å². The third kappa shape index (κ3) is 7.36. The first-order valence-electron chi connectivity index (χ1n) is 22.7. The lowest BCUT2D eigenvalue weighted by atomic mass is 10.1. The van der Waals surface area contributed by atoms with Crippen molar-refractivity contribution in [1.29, 1.82) is 5.41 Å². The zero-order valence-electron chi connectivity index (χ0n) is 36.8. The topological polar surface area (TPSA) is 95.2 Å². The molecule has 0 bridgehead atoms. The molecule has 68 heavy (non-hydrogen) atoms. The van der Waals surface area contributed by atoms with Crippen LogP contribution in [0.5, 0.6) is 0 Å². The number of nitrogens with one attached hydrogen (secondary N) is 2. The van der Waals surface area contributed by atoms with E-state index in [1.54, 1.807) is 6.21 Å². The fraction of sp³-hybridized carbons (Fsp3) is 0.0167. The zero-order valence-corrected chi connectivity index (χ0v) is 36.8. The minimum atomic E-state index is -0.444. The predicted octanol–water partition coefficient (Wildman–Crippen LogP) is 13.4. The number of rotatable bonds is 7. The Balaban J connectivity index is 1.02. The van der Waals surface area contributed by atoms with Crippen LogP contribution in [0.1, 0.15) is 34.0 Å². The van der Waals surface area contributed by atoms with Crippen LogP contribution in [-0.4, -0.2) is 38.8 Å². The second kappa shape index (κ2) is 17.3. The van der Waals surface area contributed by atoms with Gasteiger partial charge >= 0.3 is 0 Å². The number of aromatic nitrogens is 2. The van der Waals surface area contributed by atoms with E-state index in [0.29, 0.717) is 23.2 Å². The molecule has 11 aromatic rings. The number of hydrogen-bond acceptors (Lipinski definition) is 4. The van der Waals surface area contributed by atoms with Crippen LogP contribution in [0, 0.1) is 5.41 Å². The van der Waals surface area contributed by atoms with Gasteiger partial charge in [0.1, 0.15) is 12.0 Å². The number of benzene rings is 9. The molecule has 0 fully saturated rings. The standard InChI is InChI=1S/C60H42N8/c61-56(63-57(43-22-9-3-10-23-43)62-39-40-18-5-1-6-19-40)42-32-34-45(35-33-42)59-64-58(44-24-11-4-12-25-44)65-60(66-59)68-53-31-16-14-29-49(53)51-37-36-50-48-28-13-15-30-52(48)67(54(50)55(51)68)47-27-17-26-46(38-47)41-20-7-2-8-21-41/h1-39,58,61H,(H,64,65,66)/b61-56?,62-39+,63-57-. The number of fused-ring (bicyclic) bond motifs is 7. The second-order valence-corrected chi connectivity index (χ2v) is 16.7. The Morgan fingerprint density at radius 3 is 1.76 bits per heavy atom. The third-order valence-electron chi connectivity index (χ3n) is 12.5. The van der Waals surface area contributed by atoms with E-state index < -0.39 is 6.17 Å². The van der Waals surface area contributed by atoms with Gasteiger partial charge < -0.3 is 9.88 Å². The molecule has 2 N–H and O–H groups in total. The van der Waals surface area contributed by atoms with Crippen molar-refractivity contribution in [3.63, 3.8) is 0 Å². The van der Waals surface area contributed by atoms with Crippen molar-refractivity contribution in [2.45, 2.75) is 6.17 Å². The molecule has 1 unspecified atom stereocenters. The Labute approximate surface area is 392 Å². The predicted molar refractivity (Wildman–Crippen MR) is 281 cm³/mol. The van der Waals surface area contributed by atoms with Gasteiger partial charge in [-0.3, -0.25) is 9.98 Å². The number of para-hydroxylation sites is 2. The molecule has 1 atom stereocenters. The first-order valence-corrected chi connectivity index (χ1v) is 22.7. The molecule has 0 saturated heterocycles. The number of aliphatic imine (C=N–C) groups is 4. The van der Waals surface area contributed by atoms with Crippen molar-refractivity contribution in [3.8, 4) is 16.8 Å². The molecule has 0 aliphatic carbocycles. The molecule has 1 aliphatic rings. The van der Waals surface area contributed by atoms with Gasteiger partial charge in [-0.2, -0.15) is 4.99 Å². The van der Waals surface area contributed by atoms with Crippen LogP contribution in [0.15, 0.2) is 250 Å². The number of amidine groups is 3. The summed E-state index contributed by atoms with van der Waals surface area (Å²) in [4.78, 5) is 20.3. The zero-order chi connectivity index (χ0) is 45.4. The minimum absolute atomic E-state index is 0.0996. The summed E-state index contributed by atoms with van der Waals surface area (Å²) in [6.45, 7) is 0. The molecule has 3 heterocycles. The average Bonchev–Trinajstić information content (AvgIpc) is 3.94. The van der Waals surface area contributed by atoms with Gasteiger partial charge in [0.25, 0.3) is 0 Å². The van der Waals surface area contributed by atoms with Crippen LogP contribution < -0.4 is 5.32 Å². The van der Waals surface area contributed by atoms with Gasteiger partial charge in [-0.1, -0.05) is 206 Å². The third-order valence-corrected chi connectivity index (χ3v) is 12.5. The summed E-state index contributed by atoms with van der Waals surface area (Å²) in [6.07, 6.45) is 1.34. The van der Waals surface area contributed by atoms with Crippen molar-refractivity contribution in [2.24, 2.45) is 20.0 Å². The van der Waals surface area contributed by atoms with E-state index in [9.17, 15) is 0 Å². The maximum absolute atomic E-state index is 9.14. The van der Waals surface area contributed by atoms with E-state index in [1.807, 2.05) is 103 Å². The molecule has 322 valence electrons. The highest BCUT2D eigenvalue weighted by molar-refractivity contribution is 6.26. The van der Waals surface area contributed by atoms with Crippen molar-refractivity contribution in [1.82, 2.24) is 14.5 Å². The van der Waals surface area contributed by atoms with Crippen molar-refractivity contribution >= 4 is 73.3 Å². The van der Waals surface area contributed by atoms with Gasteiger partial charge in [-0.15, -0.1) is 0 Å². The molecule has 0 amide bonds. The Bertz CT molecular complexity index is 3810. The molecule has 0 radical (unpaired) electrons. The minimum Gasteiger partial charge on any atom is -0.344 e. The maximum atomic E-state index is 9.14. The molecule has 8 heteroatoms. The van der Waals surface area contributed by atoms with E-state index in [4.69, 9.17) is 25.4 Å². The van der Waals surface area contributed by atoms with Gasteiger partial charge in [0.15, 0.2) is 11.7 Å². The Morgan fingerprint density at radius 2 is 1.07 bits per heavy atom. The van der Waals surface area contributed by atoms with E-state index in [0.717, 1.165) is 77.3 Å². The summed E-state index contributed by atoms with van der Waals surface area (Å²) < 4.78 is 4.65. The van der Waals surface area contributed by atoms with Crippen LogP contribution in [0.3, 0.4) is 0 Å². The SMILES string of the molecule is N=C(/N=C(\N=C\c1ccccc1)c1ccccc1)c1ccc(C2=NC(n3c4ccccc4c4ccc5c6ccccc6n(-c6cccc(-c7ccccc7)c6)c5c43)=NC(c3ccccc3)N2)cc1. The normalized spacial score (nSPS) is 14.1. The van der Waals surface area contributed by atoms with E-state index in [-0.39, 0.29) is 5.84 Å². The van der Waals surface area contributed by atoms with Gasteiger partial charge in [0, 0.05) is 50.1 Å². The maximum Gasteiger partial charge on any atom is 0.234 e. The summed E-state index contributed by atoms with van der Waals surface area (Å²) in [5.74, 6) is 1.78. The largest absolute Gasteiger partial charge is 0.344 e.